The van der Waals surface area contributed by atoms with Gasteiger partial charge in [0, 0.05) is 37.4 Å². The van der Waals surface area contributed by atoms with Gasteiger partial charge in [-0.3, -0.25) is 19.4 Å². The average Bonchev–Trinajstić information content (AvgIpc) is 3.30. The second-order valence-corrected chi connectivity index (χ2v) is 7.47. The van der Waals surface area contributed by atoms with Crippen LogP contribution < -0.4 is 10.1 Å². The number of aromatic nitrogens is 3. The fourth-order valence-corrected chi connectivity index (χ4v) is 3.80. The number of rotatable bonds is 8. The van der Waals surface area contributed by atoms with E-state index < -0.39 is 0 Å². The average molecular weight is 406 g/mol. The predicted molar refractivity (Wildman–Crippen MR) is 115 cm³/mol. The van der Waals surface area contributed by atoms with Gasteiger partial charge >= 0.3 is 0 Å². The van der Waals surface area contributed by atoms with Crippen molar-refractivity contribution in [3.63, 3.8) is 0 Å². The maximum atomic E-state index is 12.9. The molecule has 1 aliphatic heterocycles. The van der Waals surface area contributed by atoms with Crippen LogP contribution in [0.3, 0.4) is 0 Å². The van der Waals surface area contributed by atoms with Crippen molar-refractivity contribution >= 4 is 11.6 Å². The van der Waals surface area contributed by atoms with E-state index in [4.69, 9.17) is 4.74 Å². The van der Waals surface area contributed by atoms with Crippen molar-refractivity contribution in [3.8, 4) is 11.5 Å². The molecule has 1 atom stereocenters. The first-order chi connectivity index (χ1) is 14.8. The Morgan fingerprint density at radius 3 is 2.73 bits per heavy atom. The zero-order valence-electron chi connectivity index (χ0n) is 17.0. The molecule has 0 bridgehead atoms. The third kappa shape index (κ3) is 5.45. The Hall–Kier alpha value is -3.19. The molecule has 1 amide bonds. The van der Waals surface area contributed by atoms with Gasteiger partial charge < -0.3 is 10.1 Å². The lowest BCUT2D eigenvalue weighted by Gasteiger charge is -2.34. The minimum atomic E-state index is -0.0808. The Labute approximate surface area is 176 Å². The van der Waals surface area contributed by atoms with E-state index in [1.54, 1.807) is 18.6 Å². The number of piperidine rings is 1. The Balaban J connectivity index is 1.30. The molecule has 1 fully saturated rings. The Bertz CT molecular complexity index is 913. The first kappa shape index (κ1) is 20.1. The molecule has 30 heavy (non-hydrogen) atoms. The van der Waals surface area contributed by atoms with Gasteiger partial charge in [0.15, 0.2) is 0 Å². The van der Waals surface area contributed by atoms with Crippen LogP contribution in [0.4, 0.5) is 5.69 Å². The summed E-state index contributed by atoms with van der Waals surface area (Å²) in [5, 5.41) is 7.32. The van der Waals surface area contributed by atoms with Gasteiger partial charge in [-0.25, -0.2) is 0 Å². The molecule has 3 aromatic rings. The quantitative estimate of drug-likeness (QED) is 0.614. The van der Waals surface area contributed by atoms with Crippen LogP contribution in [0.5, 0.6) is 11.5 Å². The van der Waals surface area contributed by atoms with Crippen LogP contribution in [0.1, 0.15) is 25.7 Å². The van der Waals surface area contributed by atoms with E-state index in [1.165, 1.54) is 0 Å². The van der Waals surface area contributed by atoms with Gasteiger partial charge in [-0.2, -0.15) is 5.10 Å². The lowest BCUT2D eigenvalue weighted by molar-refractivity contribution is -0.122. The minimum absolute atomic E-state index is 0.0646. The largest absolute Gasteiger partial charge is 0.456 e. The van der Waals surface area contributed by atoms with Crippen molar-refractivity contribution in [2.75, 3.05) is 18.4 Å². The zero-order chi connectivity index (χ0) is 20.6. The Morgan fingerprint density at radius 2 is 1.97 bits per heavy atom. The second kappa shape index (κ2) is 10.0. The molecule has 1 saturated heterocycles. The minimum Gasteiger partial charge on any atom is -0.456 e. The third-order valence-electron chi connectivity index (χ3n) is 5.30. The van der Waals surface area contributed by atoms with Crippen molar-refractivity contribution in [1.82, 2.24) is 19.7 Å². The maximum absolute atomic E-state index is 12.9. The number of hydrogen-bond donors (Lipinski definition) is 1. The molecule has 0 spiro atoms. The number of carbonyl (C=O) groups is 1. The van der Waals surface area contributed by atoms with E-state index in [9.17, 15) is 4.79 Å². The van der Waals surface area contributed by atoms with Crippen LogP contribution in [-0.2, 0) is 11.3 Å². The molecular weight excluding hydrogens is 378 g/mol. The highest BCUT2D eigenvalue weighted by molar-refractivity contribution is 5.94. The Kier molecular flexibility index (Phi) is 6.72. The van der Waals surface area contributed by atoms with Crippen LogP contribution in [-0.4, -0.2) is 44.7 Å². The molecule has 4 rings (SSSR count). The number of anilines is 1. The number of amides is 1. The summed E-state index contributed by atoms with van der Waals surface area (Å²) in [6.45, 7) is 2.74. The zero-order valence-corrected chi connectivity index (χ0v) is 17.0. The van der Waals surface area contributed by atoms with Gasteiger partial charge in [0.05, 0.1) is 12.2 Å². The Morgan fingerprint density at radius 1 is 1.07 bits per heavy atom. The van der Waals surface area contributed by atoms with E-state index in [-0.39, 0.29) is 11.9 Å². The number of likely N-dealkylation sites (tertiary alicyclic amines) is 1. The van der Waals surface area contributed by atoms with Crippen LogP contribution in [0, 0.1) is 0 Å². The SMILES string of the molecule is O=C(Nc1ccc(Oc2cccnc2)cc1)[C@@H]1CCCCN1CCCn1cccn1. The standard InChI is InChI=1S/C23H27N5O2/c29-23(22-7-1-2-14-27(22)15-5-17-28-16-4-13-25-28)26-19-8-10-20(11-9-19)30-21-6-3-12-24-18-21/h3-4,6,8-13,16,18,22H,1-2,5,7,14-15,17H2,(H,26,29)/t22-/m0/s1. The van der Waals surface area contributed by atoms with Crippen molar-refractivity contribution in [2.24, 2.45) is 0 Å². The molecule has 7 heteroatoms. The number of hydrogen-bond acceptors (Lipinski definition) is 5. The van der Waals surface area contributed by atoms with Crippen LogP contribution in [0.15, 0.2) is 67.3 Å². The summed E-state index contributed by atoms with van der Waals surface area (Å²) >= 11 is 0. The smallest absolute Gasteiger partial charge is 0.241 e. The highest BCUT2D eigenvalue weighted by atomic mass is 16.5. The van der Waals surface area contributed by atoms with Gasteiger partial charge in [0.2, 0.25) is 5.91 Å². The fourth-order valence-electron chi connectivity index (χ4n) is 3.80. The molecule has 156 valence electrons. The molecule has 0 radical (unpaired) electrons. The number of pyridine rings is 1. The highest BCUT2D eigenvalue weighted by Gasteiger charge is 2.28. The van der Waals surface area contributed by atoms with Gasteiger partial charge in [-0.15, -0.1) is 0 Å². The molecule has 3 heterocycles. The van der Waals surface area contributed by atoms with Crippen LogP contribution in [0.25, 0.3) is 0 Å². The number of nitrogens with one attached hydrogen (secondary N) is 1. The number of carbonyl (C=O) groups excluding carboxylic acids is 1. The van der Waals surface area contributed by atoms with Gasteiger partial charge in [0.25, 0.3) is 0 Å². The fraction of sp³-hybridized carbons (Fsp3) is 0.348. The number of aryl methyl sites for hydroxylation is 1. The van der Waals surface area contributed by atoms with Crippen molar-refractivity contribution < 1.29 is 9.53 Å². The van der Waals surface area contributed by atoms with Crippen molar-refractivity contribution in [1.29, 1.82) is 0 Å². The summed E-state index contributed by atoms with van der Waals surface area (Å²) in [7, 11) is 0. The van der Waals surface area contributed by atoms with Crippen LogP contribution >= 0.6 is 0 Å². The topological polar surface area (TPSA) is 72.3 Å². The molecule has 0 saturated carbocycles. The molecule has 2 aromatic heterocycles. The molecule has 7 nitrogen and oxygen atoms in total. The molecule has 1 N–H and O–H groups in total. The van der Waals surface area contributed by atoms with E-state index in [1.807, 2.05) is 53.3 Å². The van der Waals surface area contributed by atoms with Crippen molar-refractivity contribution in [3.05, 3.63) is 67.3 Å². The molecule has 1 aliphatic rings. The van der Waals surface area contributed by atoms with E-state index in [0.29, 0.717) is 11.5 Å². The molecule has 0 unspecified atom stereocenters. The van der Waals surface area contributed by atoms with E-state index >= 15 is 0 Å². The lowest BCUT2D eigenvalue weighted by Crippen LogP contribution is -2.47. The number of benzene rings is 1. The summed E-state index contributed by atoms with van der Waals surface area (Å²) in [4.78, 5) is 19.3. The predicted octanol–water partition coefficient (Wildman–Crippen LogP) is 3.95. The summed E-state index contributed by atoms with van der Waals surface area (Å²) in [5.74, 6) is 1.45. The monoisotopic (exact) mass is 405 g/mol. The summed E-state index contributed by atoms with van der Waals surface area (Å²) in [6, 6.07) is 13.0. The normalized spacial score (nSPS) is 16.9. The van der Waals surface area contributed by atoms with Gasteiger partial charge in [-0.05, 0) is 68.3 Å². The number of nitrogens with zero attached hydrogens (tertiary/aromatic N) is 4. The lowest BCUT2D eigenvalue weighted by atomic mass is 10.0. The first-order valence-electron chi connectivity index (χ1n) is 10.5. The highest BCUT2D eigenvalue weighted by Crippen LogP contribution is 2.23. The summed E-state index contributed by atoms with van der Waals surface area (Å²) in [5.41, 5.74) is 0.778. The van der Waals surface area contributed by atoms with Crippen molar-refractivity contribution in [2.45, 2.75) is 38.3 Å². The molecule has 1 aromatic carbocycles. The number of ether oxygens (including phenoxy) is 1. The maximum Gasteiger partial charge on any atom is 0.241 e. The van der Waals surface area contributed by atoms with Gasteiger partial charge in [-0.1, -0.05) is 6.42 Å². The summed E-state index contributed by atoms with van der Waals surface area (Å²) < 4.78 is 7.69. The van der Waals surface area contributed by atoms with Gasteiger partial charge in [0.1, 0.15) is 11.5 Å². The van der Waals surface area contributed by atoms with E-state index in [2.05, 4.69) is 20.3 Å². The van der Waals surface area contributed by atoms with Crippen LogP contribution in [0.2, 0.25) is 0 Å². The summed E-state index contributed by atoms with van der Waals surface area (Å²) in [6.07, 6.45) is 11.3. The second-order valence-electron chi connectivity index (χ2n) is 7.47. The van der Waals surface area contributed by atoms with E-state index in [0.717, 1.165) is 51.0 Å². The molecule has 0 aliphatic carbocycles. The molecular formula is C23H27N5O2. The first-order valence-corrected chi connectivity index (χ1v) is 10.5. The third-order valence-corrected chi connectivity index (χ3v) is 5.30.